The summed E-state index contributed by atoms with van der Waals surface area (Å²) in [6.07, 6.45) is 0.149. The van der Waals surface area contributed by atoms with Crippen LogP contribution in [0, 0.1) is 11.6 Å². The van der Waals surface area contributed by atoms with Gasteiger partial charge in [-0.1, -0.05) is 54.1 Å². The molecular weight excluding hydrogens is 616 g/mol. The number of carbonyl (C=O) groups is 3. The average molecular weight is 654 g/mol. The smallest absolute Gasteiger partial charge is 0.406 e. The molecule has 46 heavy (non-hydrogen) atoms. The highest BCUT2D eigenvalue weighted by molar-refractivity contribution is 6.30. The molecule has 2 N–H and O–H groups in total. The number of hydrogen-bond donors (Lipinski definition) is 2. The summed E-state index contributed by atoms with van der Waals surface area (Å²) in [7, 11) is 3.14. The predicted octanol–water partition coefficient (Wildman–Crippen LogP) is 3.94. The fourth-order valence-corrected chi connectivity index (χ4v) is 6.33. The summed E-state index contributed by atoms with van der Waals surface area (Å²) in [4.78, 5) is 45.2. The Kier molecular flexibility index (Phi) is 10.9. The molecule has 2 aliphatic rings. The fraction of sp³-hybridized carbons (Fsp3) is 0.382. The quantitative estimate of drug-likeness (QED) is 0.364. The van der Waals surface area contributed by atoms with E-state index < -0.39 is 35.9 Å². The fourth-order valence-electron chi connectivity index (χ4n) is 6.20. The summed E-state index contributed by atoms with van der Waals surface area (Å²) in [5.41, 5.74) is 3.38. The summed E-state index contributed by atoms with van der Waals surface area (Å²) < 4.78 is 33.2. The molecule has 244 valence electrons. The maximum atomic E-state index is 14.9. The highest BCUT2D eigenvalue weighted by Crippen LogP contribution is 2.26. The zero-order chi connectivity index (χ0) is 32.8. The van der Waals surface area contributed by atoms with Gasteiger partial charge in [-0.25, -0.2) is 13.6 Å². The molecule has 0 radical (unpaired) electrons. The van der Waals surface area contributed by atoms with Crippen molar-refractivity contribution in [1.82, 2.24) is 25.3 Å². The van der Waals surface area contributed by atoms with Gasteiger partial charge in [0.05, 0.1) is 19.2 Å². The van der Waals surface area contributed by atoms with Crippen LogP contribution >= 0.6 is 11.6 Å². The van der Waals surface area contributed by atoms with Crippen molar-refractivity contribution in [3.05, 3.63) is 106 Å². The number of nitrogens with one attached hydrogen (secondary N) is 2. The van der Waals surface area contributed by atoms with E-state index in [2.05, 4.69) is 21.4 Å². The number of halogens is 3. The zero-order valence-corrected chi connectivity index (χ0v) is 26.6. The number of likely N-dealkylation sites (N-methyl/N-ethyl adjacent to an activating group) is 1. The molecule has 3 atom stereocenters. The molecule has 0 aromatic heterocycles. The number of rotatable bonds is 9. The monoisotopic (exact) mass is 653 g/mol. The van der Waals surface area contributed by atoms with Crippen molar-refractivity contribution in [3.63, 3.8) is 0 Å². The third kappa shape index (κ3) is 8.01. The van der Waals surface area contributed by atoms with Crippen molar-refractivity contribution in [2.45, 2.75) is 37.5 Å². The van der Waals surface area contributed by atoms with E-state index >= 15 is 0 Å². The van der Waals surface area contributed by atoms with Crippen molar-refractivity contribution in [3.8, 4) is 0 Å². The van der Waals surface area contributed by atoms with Gasteiger partial charge in [0.25, 0.3) is 0 Å². The van der Waals surface area contributed by atoms with Crippen molar-refractivity contribution in [2.75, 3.05) is 46.9 Å². The van der Waals surface area contributed by atoms with Crippen molar-refractivity contribution in [1.29, 1.82) is 0 Å². The summed E-state index contributed by atoms with van der Waals surface area (Å²) in [5.74, 6) is -1.87. The van der Waals surface area contributed by atoms with E-state index in [1.54, 1.807) is 17.0 Å². The van der Waals surface area contributed by atoms with E-state index in [9.17, 15) is 23.2 Å². The Morgan fingerprint density at radius 1 is 0.978 bits per heavy atom. The lowest BCUT2D eigenvalue weighted by atomic mass is 9.93. The van der Waals surface area contributed by atoms with Crippen LogP contribution in [0.2, 0.25) is 5.02 Å². The van der Waals surface area contributed by atoms with E-state index in [4.69, 9.17) is 11.6 Å². The van der Waals surface area contributed by atoms with E-state index in [1.807, 2.05) is 47.2 Å². The Morgan fingerprint density at radius 2 is 1.67 bits per heavy atom. The first-order valence-corrected chi connectivity index (χ1v) is 15.6. The van der Waals surface area contributed by atoms with Gasteiger partial charge in [0.15, 0.2) is 0 Å². The Morgan fingerprint density at radius 3 is 2.35 bits per heavy atom. The Bertz CT molecular complexity index is 1550. The summed E-state index contributed by atoms with van der Waals surface area (Å²) in [5, 5.41) is 6.24. The van der Waals surface area contributed by atoms with E-state index in [0.29, 0.717) is 44.2 Å². The molecule has 3 aromatic carbocycles. The number of fused-ring (bicyclic) bond motifs is 1. The highest BCUT2D eigenvalue weighted by Gasteiger charge is 2.35. The largest absolute Gasteiger partial charge is 0.453 e. The second-order valence-electron chi connectivity index (χ2n) is 11.7. The van der Waals surface area contributed by atoms with Crippen LogP contribution in [0.15, 0.2) is 66.7 Å². The number of nitrogens with zero attached hydrogens (tertiary/aromatic N) is 3. The molecule has 1 unspecified atom stereocenters. The minimum atomic E-state index is -0.822. The first-order chi connectivity index (χ1) is 22.1. The SMILES string of the molecule is COC(=O)NCC(c1ccc(F)cc1F)N1CCN(C(=O)[C@@H](Cc2ccc(Cl)cc2)NC(=O)[C@H]2Cc3ccccc3CN2C)CC1. The summed E-state index contributed by atoms with van der Waals surface area (Å²) in [6.45, 7) is 1.99. The maximum absolute atomic E-state index is 14.9. The third-order valence-corrected chi connectivity index (χ3v) is 9.02. The highest BCUT2D eigenvalue weighted by atomic mass is 35.5. The topological polar surface area (TPSA) is 94.2 Å². The van der Waals surface area contributed by atoms with Crippen LogP contribution in [0.3, 0.4) is 0 Å². The predicted molar refractivity (Wildman–Crippen MR) is 170 cm³/mol. The molecule has 12 heteroatoms. The Hall–Kier alpha value is -4.06. The van der Waals surface area contributed by atoms with E-state index in [-0.39, 0.29) is 30.3 Å². The van der Waals surface area contributed by atoms with Crippen LogP contribution < -0.4 is 10.6 Å². The standard InChI is InChI=1S/C34H38ClF2N5O4/c1-40-21-24-6-4-3-5-23(24)18-30(40)32(43)39-29(17-22-7-9-25(35)10-8-22)33(44)42-15-13-41(14-16-42)31(20-38-34(45)46-2)27-12-11-26(36)19-28(27)37/h3-12,19,29-31H,13-18,20-21H2,1-2H3,(H,38,45)(H,39,43)/t29-,30-,31?/m1/s1. The minimum absolute atomic E-state index is 0.0243. The second kappa shape index (κ2) is 15.0. The van der Waals surface area contributed by atoms with Crippen molar-refractivity contribution >= 4 is 29.5 Å². The van der Waals surface area contributed by atoms with Gasteiger partial charge in [-0.15, -0.1) is 0 Å². The Labute approximate surface area is 272 Å². The average Bonchev–Trinajstić information content (AvgIpc) is 3.05. The molecule has 2 aliphatic heterocycles. The van der Waals surface area contributed by atoms with E-state index in [1.165, 1.54) is 24.8 Å². The molecule has 9 nitrogen and oxygen atoms in total. The van der Waals surface area contributed by atoms with Gasteiger partial charge in [0, 0.05) is 62.3 Å². The molecule has 0 spiro atoms. The van der Waals surface area contributed by atoms with Crippen molar-refractivity contribution in [2.24, 2.45) is 0 Å². The van der Waals surface area contributed by atoms with Crippen molar-refractivity contribution < 1.29 is 27.9 Å². The number of carbonyl (C=O) groups excluding carboxylic acids is 3. The van der Waals surface area contributed by atoms with Gasteiger partial charge < -0.3 is 20.3 Å². The lowest BCUT2D eigenvalue weighted by Crippen LogP contribution is -2.59. The lowest BCUT2D eigenvalue weighted by molar-refractivity contribution is -0.139. The molecular formula is C34H38ClF2N5O4. The summed E-state index contributed by atoms with van der Waals surface area (Å²) >= 11 is 6.10. The van der Waals surface area contributed by atoms with Crippen LogP contribution in [0.25, 0.3) is 0 Å². The number of alkyl carbamates (subject to hydrolysis) is 1. The van der Waals surface area contributed by atoms with Gasteiger partial charge in [0.2, 0.25) is 11.8 Å². The zero-order valence-electron chi connectivity index (χ0n) is 25.8. The first kappa shape index (κ1) is 33.3. The molecule has 2 heterocycles. The molecule has 0 bridgehead atoms. The van der Waals surface area contributed by atoms with Crippen LogP contribution in [0.4, 0.5) is 13.6 Å². The molecule has 0 aliphatic carbocycles. The first-order valence-electron chi connectivity index (χ1n) is 15.2. The third-order valence-electron chi connectivity index (χ3n) is 8.77. The molecule has 3 amide bonds. The molecule has 0 saturated carbocycles. The van der Waals surface area contributed by atoms with Gasteiger partial charge in [-0.2, -0.15) is 0 Å². The number of amides is 3. The minimum Gasteiger partial charge on any atom is -0.453 e. The molecule has 5 rings (SSSR count). The van der Waals surface area contributed by atoms with Gasteiger partial charge in [-0.3, -0.25) is 19.4 Å². The molecule has 3 aromatic rings. The normalized spacial score (nSPS) is 18.3. The summed E-state index contributed by atoms with van der Waals surface area (Å²) in [6, 6.07) is 16.7. The molecule has 1 saturated heterocycles. The van der Waals surface area contributed by atoms with Crippen LogP contribution in [-0.4, -0.2) is 91.6 Å². The van der Waals surface area contributed by atoms with E-state index in [0.717, 1.165) is 17.2 Å². The second-order valence-corrected chi connectivity index (χ2v) is 12.1. The Balaban J connectivity index is 1.30. The van der Waals surface area contributed by atoms with Gasteiger partial charge >= 0.3 is 6.09 Å². The maximum Gasteiger partial charge on any atom is 0.406 e. The van der Waals surface area contributed by atoms with Gasteiger partial charge in [-0.05, 0) is 48.4 Å². The number of hydrogen-bond acceptors (Lipinski definition) is 6. The number of piperazine rings is 1. The number of methoxy groups -OCH3 is 1. The number of benzene rings is 3. The lowest BCUT2D eigenvalue weighted by Gasteiger charge is -2.41. The van der Waals surface area contributed by atoms with Crippen LogP contribution in [0.1, 0.15) is 28.3 Å². The molecule has 1 fully saturated rings. The number of ether oxygens (including phenoxy) is 1. The van der Waals surface area contributed by atoms with Crippen LogP contribution in [0.5, 0.6) is 0 Å². The van der Waals surface area contributed by atoms with Crippen LogP contribution in [-0.2, 0) is 33.7 Å². The van der Waals surface area contributed by atoms with Gasteiger partial charge in [0.1, 0.15) is 17.7 Å².